The van der Waals surface area contributed by atoms with Gasteiger partial charge in [-0.3, -0.25) is 9.88 Å². The second-order valence-electron chi connectivity index (χ2n) is 12.8. The zero-order chi connectivity index (χ0) is 27.7. The van der Waals surface area contributed by atoms with Gasteiger partial charge in [0.15, 0.2) is 5.82 Å². The van der Waals surface area contributed by atoms with Gasteiger partial charge in [-0.15, -0.1) is 0 Å². The van der Waals surface area contributed by atoms with Crippen molar-refractivity contribution in [2.75, 3.05) is 37.7 Å². The van der Waals surface area contributed by atoms with Gasteiger partial charge in [-0.25, -0.2) is 4.39 Å². The van der Waals surface area contributed by atoms with Gasteiger partial charge in [0.1, 0.15) is 23.6 Å². The molecule has 41 heavy (non-hydrogen) atoms. The molecule has 0 amide bonds. The first-order valence-electron chi connectivity index (χ1n) is 15.2. The summed E-state index contributed by atoms with van der Waals surface area (Å²) < 4.78 is 23.1. The number of hydrogen-bond acceptors (Lipinski definition) is 6. The van der Waals surface area contributed by atoms with Gasteiger partial charge in [0.25, 0.3) is 0 Å². The fraction of sp³-hybridized carbons (Fsp3) is 0.485. The van der Waals surface area contributed by atoms with E-state index in [1.54, 1.807) is 6.20 Å². The van der Waals surface area contributed by atoms with Gasteiger partial charge in [-0.05, 0) is 80.8 Å². The van der Waals surface area contributed by atoms with Crippen molar-refractivity contribution in [2.45, 2.75) is 51.0 Å². The highest BCUT2D eigenvalue weighted by Gasteiger charge is 2.45. The monoisotopic (exact) mass is 571 g/mol. The van der Waals surface area contributed by atoms with Gasteiger partial charge < -0.3 is 9.64 Å². The van der Waals surface area contributed by atoms with Crippen LogP contribution in [0, 0.1) is 23.6 Å². The van der Waals surface area contributed by atoms with Gasteiger partial charge in [0.2, 0.25) is 0 Å². The molecule has 0 radical (unpaired) electrons. The van der Waals surface area contributed by atoms with E-state index in [4.69, 9.17) is 26.3 Å². The molecule has 1 saturated carbocycles. The van der Waals surface area contributed by atoms with Crippen molar-refractivity contribution >= 4 is 39.1 Å². The van der Waals surface area contributed by atoms with Crippen molar-refractivity contribution in [3.05, 3.63) is 53.4 Å². The molecule has 2 bridgehead atoms. The Morgan fingerprint density at radius 3 is 2.66 bits per heavy atom. The third-order valence-corrected chi connectivity index (χ3v) is 10.7. The molecule has 1 aliphatic carbocycles. The maximum absolute atomic E-state index is 16.6. The van der Waals surface area contributed by atoms with E-state index in [-0.39, 0.29) is 22.8 Å². The Bertz CT molecular complexity index is 1650. The van der Waals surface area contributed by atoms with Crippen molar-refractivity contribution in [1.29, 1.82) is 0 Å². The van der Waals surface area contributed by atoms with Crippen LogP contribution in [0.2, 0.25) is 5.02 Å². The molecular formula is C33H35ClFN5O. The van der Waals surface area contributed by atoms with E-state index in [1.165, 1.54) is 25.7 Å². The Labute approximate surface area is 244 Å². The van der Waals surface area contributed by atoms with E-state index in [1.807, 2.05) is 36.4 Å². The Morgan fingerprint density at radius 1 is 1.05 bits per heavy atom. The Balaban J connectivity index is 1.25. The van der Waals surface area contributed by atoms with Crippen LogP contribution in [0.25, 0.3) is 32.9 Å². The number of nitrogens with zero attached hydrogens (tertiary/aromatic N) is 5. The zero-order valence-corrected chi connectivity index (χ0v) is 24.2. The smallest absolute Gasteiger partial charge is 0.319 e. The van der Waals surface area contributed by atoms with E-state index < -0.39 is 5.82 Å². The molecule has 2 aromatic heterocycles. The third kappa shape index (κ3) is 4.18. The lowest BCUT2D eigenvalue weighted by Gasteiger charge is -2.34. The lowest BCUT2D eigenvalue weighted by molar-refractivity contribution is 0.108. The summed E-state index contributed by atoms with van der Waals surface area (Å²) in [5, 5.41) is 2.94. The first-order chi connectivity index (χ1) is 20.0. The summed E-state index contributed by atoms with van der Waals surface area (Å²) in [5.41, 5.74) is 1.22. The van der Waals surface area contributed by atoms with Gasteiger partial charge in [0.05, 0.1) is 10.9 Å². The molecule has 4 aliphatic rings. The fourth-order valence-electron chi connectivity index (χ4n) is 8.39. The average molecular weight is 572 g/mol. The summed E-state index contributed by atoms with van der Waals surface area (Å²) in [7, 11) is 0. The van der Waals surface area contributed by atoms with Crippen LogP contribution in [-0.2, 0) is 0 Å². The van der Waals surface area contributed by atoms with Crippen LogP contribution in [0.3, 0.4) is 0 Å². The normalized spacial score (nSPS) is 25.3. The van der Waals surface area contributed by atoms with E-state index >= 15 is 4.39 Å². The van der Waals surface area contributed by atoms with Crippen molar-refractivity contribution < 1.29 is 9.13 Å². The number of pyridine rings is 1. The highest BCUT2D eigenvalue weighted by Crippen LogP contribution is 2.44. The van der Waals surface area contributed by atoms with Gasteiger partial charge >= 0.3 is 6.01 Å². The van der Waals surface area contributed by atoms with Crippen molar-refractivity contribution in [2.24, 2.45) is 17.8 Å². The summed E-state index contributed by atoms with van der Waals surface area (Å²) in [6, 6.07) is 11.8. The number of fused-ring (bicyclic) bond motifs is 5. The molecule has 8 heteroatoms. The van der Waals surface area contributed by atoms with E-state index in [0.29, 0.717) is 40.3 Å². The van der Waals surface area contributed by atoms with Crippen LogP contribution in [-0.4, -0.2) is 58.2 Å². The van der Waals surface area contributed by atoms with E-state index in [0.717, 1.165) is 55.6 Å². The van der Waals surface area contributed by atoms with Crippen LogP contribution in [0.15, 0.2) is 42.6 Å². The molecule has 3 saturated heterocycles. The molecule has 4 aromatic rings. The molecule has 6 nitrogen and oxygen atoms in total. The Kier molecular flexibility index (Phi) is 6.12. The summed E-state index contributed by atoms with van der Waals surface area (Å²) >= 11 is 6.62. The van der Waals surface area contributed by atoms with Crippen molar-refractivity contribution in [3.63, 3.8) is 0 Å². The number of aromatic nitrogens is 3. The number of ether oxygens (including phenoxy) is 1. The predicted octanol–water partition coefficient (Wildman–Crippen LogP) is 7.13. The SMILES string of the molecule is C[C@@H]1C[C@H]2C[C@@H]1CN(c1nc(OCC34CCCN3CCC4)nc3c(F)c(-c4cccc5cccc(Cl)c45)ncc13)C2. The van der Waals surface area contributed by atoms with Crippen LogP contribution >= 0.6 is 11.6 Å². The summed E-state index contributed by atoms with van der Waals surface area (Å²) in [6.45, 7) is 6.99. The highest BCUT2D eigenvalue weighted by molar-refractivity contribution is 6.36. The second-order valence-corrected chi connectivity index (χ2v) is 13.3. The number of anilines is 1. The highest BCUT2D eigenvalue weighted by atomic mass is 35.5. The lowest BCUT2D eigenvalue weighted by Crippen LogP contribution is -2.43. The maximum atomic E-state index is 16.6. The first-order valence-corrected chi connectivity index (χ1v) is 15.5. The quantitative estimate of drug-likeness (QED) is 0.254. The standard InChI is InChI=1S/C33H35ClFN5O/c1-20-14-21-15-23(20)18-39(17-21)31-25-16-36-29(24-8-2-6-22-7-3-9-26(34)27(22)24)28(35)30(25)37-32(38-31)41-19-33-10-4-12-40(33)13-5-11-33/h2-3,6-9,16,20-21,23H,4-5,10-15,17-19H2,1H3/t20-,21+,23-/m1/s1. The lowest BCUT2D eigenvalue weighted by atomic mass is 9.95. The second kappa shape index (κ2) is 9.77. The summed E-state index contributed by atoms with van der Waals surface area (Å²) in [4.78, 5) is 19.3. The average Bonchev–Trinajstić information content (AvgIpc) is 3.63. The van der Waals surface area contributed by atoms with Crippen LogP contribution in [0.1, 0.15) is 45.4 Å². The molecule has 212 valence electrons. The minimum absolute atomic E-state index is 0.0554. The van der Waals surface area contributed by atoms with Crippen LogP contribution in [0.5, 0.6) is 6.01 Å². The maximum Gasteiger partial charge on any atom is 0.319 e. The molecule has 0 spiro atoms. The largest absolute Gasteiger partial charge is 0.461 e. The molecular weight excluding hydrogens is 537 g/mol. The Morgan fingerprint density at radius 2 is 1.85 bits per heavy atom. The van der Waals surface area contributed by atoms with Crippen molar-refractivity contribution in [1.82, 2.24) is 19.9 Å². The zero-order valence-electron chi connectivity index (χ0n) is 23.5. The van der Waals surface area contributed by atoms with E-state index in [2.05, 4.69) is 21.7 Å². The molecule has 4 fully saturated rings. The van der Waals surface area contributed by atoms with Gasteiger partial charge in [-0.1, -0.05) is 48.9 Å². The van der Waals surface area contributed by atoms with Gasteiger partial charge in [0, 0.05) is 35.3 Å². The number of rotatable bonds is 5. The molecule has 8 rings (SSSR count). The molecule has 5 heterocycles. The number of hydrogen-bond donors (Lipinski definition) is 0. The van der Waals surface area contributed by atoms with Gasteiger partial charge in [-0.2, -0.15) is 9.97 Å². The minimum atomic E-state index is -0.460. The number of benzene rings is 2. The Hall–Kier alpha value is -3.03. The van der Waals surface area contributed by atoms with E-state index in [9.17, 15) is 0 Å². The van der Waals surface area contributed by atoms with Crippen LogP contribution < -0.4 is 9.64 Å². The predicted molar refractivity (Wildman–Crippen MR) is 161 cm³/mol. The van der Waals surface area contributed by atoms with Crippen LogP contribution in [0.4, 0.5) is 10.2 Å². The summed E-state index contributed by atoms with van der Waals surface area (Å²) in [5.74, 6) is 2.24. The fourth-order valence-corrected chi connectivity index (χ4v) is 8.67. The minimum Gasteiger partial charge on any atom is -0.461 e. The number of halogens is 2. The molecule has 3 atom stereocenters. The summed E-state index contributed by atoms with van der Waals surface area (Å²) in [6.07, 6.45) is 8.90. The topological polar surface area (TPSA) is 54.4 Å². The third-order valence-electron chi connectivity index (χ3n) is 10.4. The first kappa shape index (κ1) is 25.7. The van der Waals surface area contributed by atoms with Crippen molar-refractivity contribution in [3.8, 4) is 17.3 Å². The molecule has 0 unspecified atom stereocenters. The molecule has 2 aromatic carbocycles. The molecule has 3 aliphatic heterocycles. The number of piperidine rings is 1. The molecule has 0 N–H and O–H groups in total.